The van der Waals surface area contributed by atoms with E-state index in [9.17, 15) is 9.18 Å². The Morgan fingerprint density at radius 2 is 1.92 bits per heavy atom. The van der Waals surface area contributed by atoms with Gasteiger partial charge in [-0.25, -0.2) is 4.39 Å². The van der Waals surface area contributed by atoms with Crippen molar-refractivity contribution < 1.29 is 13.6 Å². The number of thiocarbonyl (C=S) groups is 1. The number of rotatable bonds is 7. The molecule has 6 nitrogen and oxygen atoms in total. The van der Waals surface area contributed by atoms with Crippen LogP contribution in [0, 0.1) is 19.7 Å². The number of amides is 1. The van der Waals surface area contributed by atoms with E-state index in [-0.39, 0.29) is 30.2 Å². The Kier molecular flexibility index (Phi) is 7.01. The van der Waals surface area contributed by atoms with Crippen LogP contribution in [0.5, 0.6) is 0 Å². The Morgan fingerprint density at radius 1 is 1.11 bits per heavy atom. The zero-order valence-corrected chi connectivity index (χ0v) is 21.4. The molecular weight excluding hydrogens is 487 g/mol. The van der Waals surface area contributed by atoms with E-state index in [1.165, 1.54) is 12.1 Å². The fraction of sp³-hybridized carbons (Fsp3) is 0.207. The fourth-order valence-electron chi connectivity index (χ4n) is 4.54. The average molecular weight is 515 g/mol. The Bertz CT molecular complexity index is 1420. The van der Waals surface area contributed by atoms with Gasteiger partial charge in [0.1, 0.15) is 23.4 Å². The molecule has 1 saturated heterocycles. The number of nitrogens with one attached hydrogen (secondary N) is 2. The molecule has 2 N–H and O–H groups in total. The molecule has 1 aliphatic heterocycles. The van der Waals surface area contributed by atoms with Gasteiger partial charge in [-0.15, -0.1) is 0 Å². The van der Waals surface area contributed by atoms with Crippen molar-refractivity contribution in [2.45, 2.75) is 32.4 Å². The maximum absolute atomic E-state index is 13.4. The van der Waals surface area contributed by atoms with Crippen LogP contribution in [0.3, 0.4) is 0 Å². The smallest absolute Gasteiger partial charge is 0.226 e. The van der Waals surface area contributed by atoms with Crippen molar-refractivity contribution in [3.05, 3.63) is 107 Å². The predicted octanol–water partition coefficient (Wildman–Crippen LogP) is 6.10. The number of aromatic nitrogens is 1. The van der Waals surface area contributed by atoms with Crippen molar-refractivity contribution in [2.75, 3.05) is 11.9 Å². The molecule has 0 spiro atoms. The Labute approximate surface area is 220 Å². The van der Waals surface area contributed by atoms with Crippen LogP contribution >= 0.6 is 12.2 Å². The molecule has 37 heavy (non-hydrogen) atoms. The summed E-state index contributed by atoms with van der Waals surface area (Å²) in [4.78, 5) is 19.4. The number of nitrogens with zero attached hydrogens (tertiary/aromatic N) is 2. The van der Waals surface area contributed by atoms with Crippen molar-refractivity contribution in [2.24, 2.45) is 0 Å². The molecule has 4 aromatic rings. The fourth-order valence-corrected chi connectivity index (χ4v) is 4.87. The summed E-state index contributed by atoms with van der Waals surface area (Å²) in [6, 6.07) is 21.1. The van der Waals surface area contributed by atoms with Crippen LogP contribution in [0.1, 0.15) is 41.1 Å². The van der Waals surface area contributed by atoms with E-state index in [1.807, 2.05) is 67.3 Å². The van der Waals surface area contributed by atoms with Crippen LogP contribution in [0.15, 0.2) is 83.4 Å². The molecule has 188 valence electrons. The van der Waals surface area contributed by atoms with Crippen molar-refractivity contribution >= 4 is 28.9 Å². The maximum atomic E-state index is 13.4. The van der Waals surface area contributed by atoms with Crippen molar-refractivity contribution in [1.29, 1.82) is 0 Å². The highest BCUT2D eigenvalue weighted by molar-refractivity contribution is 7.80. The Hall–Kier alpha value is -4.04. The summed E-state index contributed by atoms with van der Waals surface area (Å²) in [5.74, 6) is 0.904. The molecule has 0 unspecified atom stereocenters. The van der Waals surface area contributed by atoms with Gasteiger partial charge in [0.25, 0.3) is 0 Å². The number of carbonyl (C=O) groups excluding carboxylic acids is 1. The molecule has 8 heteroatoms. The van der Waals surface area contributed by atoms with Crippen LogP contribution in [0.2, 0.25) is 0 Å². The summed E-state index contributed by atoms with van der Waals surface area (Å²) in [7, 11) is 0. The first kappa shape index (κ1) is 24.6. The number of aryl methyl sites for hydroxylation is 2. The molecule has 1 fully saturated rings. The van der Waals surface area contributed by atoms with Gasteiger partial charge in [0.05, 0.1) is 11.7 Å². The standard InChI is InChI=1S/C29H27FN4O2S/c1-18-6-7-19(2)23(17-18)32-26(35)14-16-34-28(27(33-29(34)37)22-5-3-4-15-31-22)25-13-12-24(36-25)20-8-10-21(30)11-9-20/h3-13,15,17,27-28H,14,16H2,1-2H3,(H,32,35)(H,33,37)/t27-,28-/m1/s1. The summed E-state index contributed by atoms with van der Waals surface area (Å²) >= 11 is 5.70. The highest BCUT2D eigenvalue weighted by Crippen LogP contribution is 2.40. The molecule has 0 aliphatic carbocycles. The highest BCUT2D eigenvalue weighted by atomic mass is 32.1. The van der Waals surface area contributed by atoms with Gasteiger partial charge in [0.2, 0.25) is 5.91 Å². The van der Waals surface area contributed by atoms with Gasteiger partial charge < -0.3 is 20.0 Å². The first-order valence-electron chi connectivity index (χ1n) is 12.1. The van der Waals surface area contributed by atoms with Crippen molar-refractivity contribution in [3.63, 3.8) is 0 Å². The summed E-state index contributed by atoms with van der Waals surface area (Å²) in [5, 5.41) is 6.92. The highest BCUT2D eigenvalue weighted by Gasteiger charge is 2.41. The van der Waals surface area contributed by atoms with E-state index >= 15 is 0 Å². The average Bonchev–Trinajstić information content (AvgIpc) is 3.50. The number of benzene rings is 2. The number of hydrogen-bond donors (Lipinski definition) is 2. The molecular formula is C29H27FN4O2S. The van der Waals surface area contributed by atoms with Gasteiger partial charge in [-0.2, -0.15) is 0 Å². The quantitative estimate of drug-likeness (QED) is 0.291. The SMILES string of the molecule is Cc1ccc(C)c(NC(=O)CCN2C(=S)N[C@H](c3ccccn3)[C@H]2c2ccc(-c3ccc(F)cc3)o2)c1. The first-order valence-corrected chi connectivity index (χ1v) is 12.5. The van der Waals surface area contributed by atoms with Gasteiger partial charge in [0.15, 0.2) is 5.11 Å². The van der Waals surface area contributed by atoms with Crippen LogP contribution < -0.4 is 10.6 Å². The number of carbonyl (C=O) groups is 1. The third kappa shape index (κ3) is 5.39. The first-order chi connectivity index (χ1) is 17.9. The molecule has 0 radical (unpaired) electrons. The lowest BCUT2D eigenvalue weighted by Crippen LogP contribution is -2.32. The minimum absolute atomic E-state index is 0.0945. The summed E-state index contributed by atoms with van der Waals surface area (Å²) in [6.45, 7) is 4.36. The van der Waals surface area contributed by atoms with E-state index < -0.39 is 0 Å². The van der Waals surface area contributed by atoms with E-state index in [2.05, 4.69) is 15.6 Å². The predicted molar refractivity (Wildman–Crippen MR) is 145 cm³/mol. The largest absolute Gasteiger partial charge is 0.459 e. The van der Waals surface area contributed by atoms with Crippen LogP contribution in [0.4, 0.5) is 10.1 Å². The van der Waals surface area contributed by atoms with E-state index in [4.69, 9.17) is 16.6 Å². The number of anilines is 1. The monoisotopic (exact) mass is 514 g/mol. The second-order valence-corrected chi connectivity index (χ2v) is 9.53. The van der Waals surface area contributed by atoms with Crippen molar-refractivity contribution in [1.82, 2.24) is 15.2 Å². The molecule has 0 bridgehead atoms. The Balaban J connectivity index is 1.39. The summed E-state index contributed by atoms with van der Waals surface area (Å²) in [6.07, 6.45) is 1.98. The lowest BCUT2D eigenvalue weighted by Gasteiger charge is -2.26. The van der Waals surface area contributed by atoms with Gasteiger partial charge in [0, 0.05) is 30.4 Å². The molecule has 2 aromatic carbocycles. The molecule has 1 aliphatic rings. The lowest BCUT2D eigenvalue weighted by atomic mass is 10.0. The lowest BCUT2D eigenvalue weighted by molar-refractivity contribution is -0.116. The molecule has 1 amide bonds. The van der Waals surface area contributed by atoms with Crippen molar-refractivity contribution in [3.8, 4) is 11.3 Å². The summed E-state index contributed by atoms with van der Waals surface area (Å²) < 4.78 is 19.7. The number of hydrogen-bond acceptors (Lipinski definition) is 4. The Morgan fingerprint density at radius 3 is 2.68 bits per heavy atom. The van der Waals surface area contributed by atoms with Crippen LogP contribution in [-0.2, 0) is 4.79 Å². The third-order valence-corrected chi connectivity index (χ3v) is 6.84. The minimum Gasteiger partial charge on any atom is -0.459 e. The molecule has 2 atom stereocenters. The number of furan rings is 1. The number of halogens is 1. The van der Waals surface area contributed by atoms with Crippen LogP contribution in [0.25, 0.3) is 11.3 Å². The van der Waals surface area contributed by atoms with Gasteiger partial charge >= 0.3 is 0 Å². The minimum atomic E-state index is -0.315. The van der Waals surface area contributed by atoms with Gasteiger partial charge in [-0.05, 0) is 91.8 Å². The normalized spacial score (nSPS) is 17.1. The second-order valence-electron chi connectivity index (χ2n) is 9.15. The maximum Gasteiger partial charge on any atom is 0.226 e. The van der Waals surface area contributed by atoms with E-state index in [0.717, 1.165) is 28.1 Å². The molecule has 3 heterocycles. The van der Waals surface area contributed by atoms with E-state index in [1.54, 1.807) is 18.3 Å². The second kappa shape index (κ2) is 10.5. The van der Waals surface area contributed by atoms with Gasteiger partial charge in [-0.3, -0.25) is 9.78 Å². The topological polar surface area (TPSA) is 70.4 Å². The molecule has 2 aromatic heterocycles. The zero-order valence-electron chi connectivity index (χ0n) is 20.6. The third-order valence-electron chi connectivity index (χ3n) is 6.49. The summed E-state index contributed by atoms with van der Waals surface area (Å²) in [5.41, 5.74) is 4.49. The van der Waals surface area contributed by atoms with E-state index in [0.29, 0.717) is 23.2 Å². The molecule has 0 saturated carbocycles. The van der Waals surface area contributed by atoms with Crippen LogP contribution in [-0.4, -0.2) is 27.4 Å². The zero-order chi connectivity index (χ0) is 25.9. The molecule has 5 rings (SSSR count). The van der Waals surface area contributed by atoms with Gasteiger partial charge in [-0.1, -0.05) is 18.2 Å². The number of pyridine rings is 1.